The third-order valence-electron chi connectivity index (χ3n) is 4.07. The van der Waals surface area contributed by atoms with E-state index in [0.29, 0.717) is 16.0 Å². The maximum atomic E-state index is 6.09. The Morgan fingerprint density at radius 2 is 2.19 bits per heavy atom. The van der Waals surface area contributed by atoms with Crippen LogP contribution in [0.3, 0.4) is 0 Å². The van der Waals surface area contributed by atoms with Crippen molar-refractivity contribution in [2.24, 2.45) is 0 Å². The van der Waals surface area contributed by atoms with Crippen LogP contribution in [0.2, 0.25) is 10.0 Å². The average Bonchev–Trinajstić information content (AvgIpc) is 3.00. The monoisotopic (exact) mass is 324 g/mol. The summed E-state index contributed by atoms with van der Waals surface area (Å²) in [4.78, 5) is 0. The molecule has 2 aromatic rings. The van der Waals surface area contributed by atoms with Gasteiger partial charge in [0.05, 0.1) is 21.8 Å². The van der Waals surface area contributed by atoms with Gasteiger partial charge in [-0.25, -0.2) is 4.68 Å². The van der Waals surface area contributed by atoms with Gasteiger partial charge in [-0.3, -0.25) is 0 Å². The Morgan fingerprint density at radius 3 is 2.90 bits per heavy atom. The summed E-state index contributed by atoms with van der Waals surface area (Å²) in [7, 11) is 0. The molecule has 1 fully saturated rings. The van der Waals surface area contributed by atoms with Crippen LogP contribution in [0.25, 0.3) is 0 Å². The molecule has 1 saturated heterocycles. The lowest BCUT2D eigenvalue weighted by molar-refractivity contribution is 0.454. The van der Waals surface area contributed by atoms with E-state index in [2.05, 4.69) is 22.6 Å². The van der Waals surface area contributed by atoms with Gasteiger partial charge in [-0.15, -0.1) is 5.10 Å². The molecule has 0 bridgehead atoms. The van der Waals surface area contributed by atoms with Crippen molar-refractivity contribution in [1.82, 2.24) is 20.3 Å². The highest BCUT2D eigenvalue weighted by Gasteiger charge is 2.20. The fourth-order valence-electron chi connectivity index (χ4n) is 2.70. The van der Waals surface area contributed by atoms with Gasteiger partial charge < -0.3 is 5.32 Å². The lowest BCUT2D eigenvalue weighted by atomic mass is 9.97. The Kier molecular flexibility index (Phi) is 4.48. The van der Waals surface area contributed by atoms with Crippen LogP contribution in [0, 0.1) is 0 Å². The van der Waals surface area contributed by atoms with Crippen LogP contribution in [0.15, 0.2) is 24.4 Å². The first-order chi connectivity index (χ1) is 10.1. The zero-order valence-corrected chi connectivity index (χ0v) is 13.4. The van der Waals surface area contributed by atoms with Crippen molar-refractivity contribution >= 4 is 23.2 Å². The highest BCUT2D eigenvalue weighted by atomic mass is 35.5. The molecule has 21 heavy (non-hydrogen) atoms. The zero-order valence-electron chi connectivity index (χ0n) is 11.9. The van der Waals surface area contributed by atoms with Crippen LogP contribution in [0.5, 0.6) is 0 Å². The number of aromatic nitrogens is 3. The Balaban J connectivity index is 1.79. The molecule has 4 nitrogen and oxygen atoms in total. The van der Waals surface area contributed by atoms with Gasteiger partial charge in [-0.1, -0.05) is 34.5 Å². The van der Waals surface area contributed by atoms with Gasteiger partial charge in [-0.2, -0.15) is 0 Å². The Hall–Kier alpha value is -1.10. The molecule has 1 aliphatic heterocycles. The van der Waals surface area contributed by atoms with Crippen LogP contribution in [-0.2, 0) is 0 Å². The third-order valence-corrected chi connectivity index (χ3v) is 4.81. The summed E-state index contributed by atoms with van der Waals surface area (Å²) in [5.41, 5.74) is 2.14. The van der Waals surface area contributed by atoms with E-state index < -0.39 is 0 Å². The summed E-state index contributed by atoms with van der Waals surface area (Å²) < 4.78 is 1.89. The van der Waals surface area contributed by atoms with E-state index in [4.69, 9.17) is 23.2 Å². The number of halogens is 2. The topological polar surface area (TPSA) is 42.7 Å². The van der Waals surface area contributed by atoms with Gasteiger partial charge in [0.25, 0.3) is 0 Å². The molecule has 0 spiro atoms. The highest BCUT2D eigenvalue weighted by molar-refractivity contribution is 6.42. The van der Waals surface area contributed by atoms with Gasteiger partial charge in [0, 0.05) is 18.7 Å². The first-order valence-electron chi connectivity index (χ1n) is 7.22. The number of hydrogen-bond acceptors (Lipinski definition) is 3. The molecule has 1 aromatic heterocycles. The molecular formula is C15H18Cl2N4. The molecule has 1 aromatic carbocycles. The molecule has 1 N–H and O–H groups in total. The molecule has 6 heteroatoms. The van der Waals surface area contributed by atoms with E-state index in [0.717, 1.165) is 24.3 Å². The largest absolute Gasteiger partial charge is 0.316 e. The van der Waals surface area contributed by atoms with E-state index in [1.807, 2.05) is 29.1 Å². The predicted octanol–water partition coefficient (Wildman–Crippen LogP) is 3.66. The van der Waals surface area contributed by atoms with E-state index in [1.54, 1.807) is 0 Å². The van der Waals surface area contributed by atoms with E-state index >= 15 is 0 Å². The second-order valence-corrected chi connectivity index (χ2v) is 6.33. The second kappa shape index (κ2) is 6.34. The maximum Gasteiger partial charge on any atom is 0.0870 e. The van der Waals surface area contributed by atoms with E-state index in [-0.39, 0.29) is 6.04 Å². The maximum absolute atomic E-state index is 6.09. The van der Waals surface area contributed by atoms with Crippen molar-refractivity contribution in [2.45, 2.75) is 31.7 Å². The summed E-state index contributed by atoms with van der Waals surface area (Å²) in [5, 5.41) is 13.2. The molecule has 3 rings (SSSR count). The van der Waals surface area contributed by atoms with E-state index in [9.17, 15) is 0 Å². The minimum absolute atomic E-state index is 0.0811. The molecule has 0 amide bonds. The van der Waals surface area contributed by atoms with Crippen molar-refractivity contribution < 1.29 is 0 Å². The molecule has 0 radical (unpaired) electrons. The SMILES string of the molecule is CC(c1ccc(Cl)c(Cl)c1)n1cc(C2CCCNC2)nn1. The van der Waals surface area contributed by atoms with Gasteiger partial charge in [0.15, 0.2) is 0 Å². The summed E-state index contributed by atoms with van der Waals surface area (Å²) in [5.74, 6) is 0.466. The third kappa shape index (κ3) is 3.23. The minimum atomic E-state index is 0.0811. The van der Waals surface area contributed by atoms with Gasteiger partial charge in [0.2, 0.25) is 0 Å². The Bertz CT molecular complexity index is 620. The normalized spacial score (nSPS) is 20.4. The lowest BCUT2D eigenvalue weighted by Crippen LogP contribution is -2.28. The number of benzene rings is 1. The molecule has 2 atom stereocenters. The van der Waals surface area contributed by atoms with Crippen molar-refractivity contribution in [3.05, 3.63) is 45.7 Å². The minimum Gasteiger partial charge on any atom is -0.316 e. The number of nitrogens with zero attached hydrogens (tertiary/aromatic N) is 3. The molecule has 2 heterocycles. The fraction of sp³-hybridized carbons (Fsp3) is 0.467. The van der Waals surface area contributed by atoms with E-state index in [1.165, 1.54) is 12.8 Å². The van der Waals surface area contributed by atoms with Crippen LogP contribution in [0.1, 0.15) is 43.0 Å². The quantitative estimate of drug-likeness (QED) is 0.936. The number of hydrogen-bond donors (Lipinski definition) is 1. The number of rotatable bonds is 3. The van der Waals surface area contributed by atoms with Crippen LogP contribution >= 0.6 is 23.2 Å². The molecule has 0 saturated carbocycles. The van der Waals surface area contributed by atoms with Gasteiger partial charge >= 0.3 is 0 Å². The first kappa shape index (κ1) is 14.8. The van der Waals surface area contributed by atoms with Crippen LogP contribution in [0.4, 0.5) is 0 Å². The number of nitrogens with one attached hydrogen (secondary N) is 1. The summed E-state index contributed by atoms with van der Waals surface area (Å²) in [6.07, 6.45) is 4.41. The Labute approximate surface area is 134 Å². The van der Waals surface area contributed by atoms with Crippen LogP contribution in [-0.4, -0.2) is 28.1 Å². The molecule has 1 aliphatic rings. The standard InChI is InChI=1S/C15H18Cl2N4/c1-10(11-4-5-13(16)14(17)7-11)21-9-15(19-20-21)12-3-2-6-18-8-12/h4-5,7,9-10,12,18H,2-3,6,8H2,1H3. The van der Waals surface area contributed by atoms with Crippen molar-refractivity contribution in [2.75, 3.05) is 13.1 Å². The van der Waals surface area contributed by atoms with Crippen molar-refractivity contribution in [3.8, 4) is 0 Å². The fourth-order valence-corrected chi connectivity index (χ4v) is 3.00. The summed E-state index contributed by atoms with van der Waals surface area (Å²) >= 11 is 12.1. The van der Waals surface area contributed by atoms with Crippen LogP contribution < -0.4 is 5.32 Å². The highest BCUT2D eigenvalue weighted by Crippen LogP contribution is 2.28. The lowest BCUT2D eigenvalue weighted by Gasteiger charge is -2.20. The molecule has 0 aliphatic carbocycles. The van der Waals surface area contributed by atoms with Crippen molar-refractivity contribution in [3.63, 3.8) is 0 Å². The van der Waals surface area contributed by atoms with Gasteiger partial charge in [0.1, 0.15) is 0 Å². The Morgan fingerprint density at radius 1 is 1.33 bits per heavy atom. The first-order valence-corrected chi connectivity index (χ1v) is 7.98. The smallest absolute Gasteiger partial charge is 0.0870 e. The summed E-state index contributed by atoms with van der Waals surface area (Å²) in [6, 6.07) is 5.76. The van der Waals surface area contributed by atoms with Crippen molar-refractivity contribution in [1.29, 1.82) is 0 Å². The molecule has 112 valence electrons. The second-order valence-electron chi connectivity index (χ2n) is 5.52. The average molecular weight is 325 g/mol. The zero-order chi connectivity index (χ0) is 14.8. The summed E-state index contributed by atoms with van der Waals surface area (Å²) in [6.45, 7) is 4.17. The predicted molar refractivity (Wildman–Crippen MR) is 85.1 cm³/mol. The molecular weight excluding hydrogens is 307 g/mol. The number of piperidine rings is 1. The molecule has 2 unspecified atom stereocenters. The van der Waals surface area contributed by atoms with Gasteiger partial charge in [-0.05, 0) is 44.0 Å².